The number of amides is 1. The molecule has 1 aliphatic heterocycles. The summed E-state index contributed by atoms with van der Waals surface area (Å²) >= 11 is 0. The summed E-state index contributed by atoms with van der Waals surface area (Å²) in [4.78, 5) is 14.7. The summed E-state index contributed by atoms with van der Waals surface area (Å²) in [6, 6.07) is 13.9. The van der Waals surface area contributed by atoms with Gasteiger partial charge >= 0.3 is 0 Å². The van der Waals surface area contributed by atoms with Crippen molar-refractivity contribution in [3.05, 3.63) is 64.7 Å². The normalized spacial score (nSPS) is 17.1. The zero-order valence-electron chi connectivity index (χ0n) is 12.2. The zero-order chi connectivity index (χ0) is 14.3. The second-order valence-corrected chi connectivity index (χ2v) is 5.70. The lowest BCUT2D eigenvalue weighted by Gasteiger charge is -2.19. The Labute approximate surface area is 120 Å². The van der Waals surface area contributed by atoms with Crippen LogP contribution in [0.3, 0.4) is 0 Å². The van der Waals surface area contributed by atoms with Gasteiger partial charge in [0.2, 0.25) is 0 Å². The van der Waals surface area contributed by atoms with Gasteiger partial charge in [0, 0.05) is 18.0 Å². The topological polar surface area (TPSA) is 20.3 Å². The molecule has 0 aromatic heterocycles. The summed E-state index contributed by atoms with van der Waals surface area (Å²) in [6.45, 7) is 7.17. The predicted octanol–water partition coefficient (Wildman–Crippen LogP) is 4.07. The Morgan fingerprint density at radius 2 is 1.85 bits per heavy atom. The summed E-state index contributed by atoms with van der Waals surface area (Å²) in [5.41, 5.74) is 5.62. The zero-order valence-corrected chi connectivity index (χ0v) is 12.2. The molecule has 2 aromatic rings. The summed E-state index contributed by atoms with van der Waals surface area (Å²) in [5.74, 6) is 0.499. The molecule has 0 N–H and O–H groups in total. The SMILES string of the molecule is Cc1cc(C)c2c(c1)[C@@H](C)CN2C(=O)c1ccccc1. The van der Waals surface area contributed by atoms with Crippen LogP contribution in [0.4, 0.5) is 5.69 Å². The fraction of sp³-hybridized carbons (Fsp3) is 0.278. The average molecular weight is 265 g/mol. The highest BCUT2D eigenvalue weighted by Crippen LogP contribution is 2.39. The number of rotatable bonds is 1. The molecule has 1 amide bonds. The molecule has 2 heteroatoms. The third kappa shape index (κ3) is 2.01. The highest BCUT2D eigenvalue weighted by molar-refractivity contribution is 6.08. The van der Waals surface area contributed by atoms with Crippen LogP contribution >= 0.6 is 0 Å². The number of hydrogen-bond acceptors (Lipinski definition) is 1. The molecule has 1 heterocycles. The third-order valence-corrected chi connectivity index (χ3v) is 4.00. The predicted molar refractivity (Wildman–Crippen MR) is 82.4 cm³/mol. The van der Waals surface area contributed by atoms with Crippen molar-refractivity contribution in [1.29, 1.82) is 0 Å². The van der Waals surface area contributed by atoms with Crippen LogP contribution in [0.25, 0.3) is 0 Å². The molecule has 3 rings (SSSR count). The summed E-state index contributed by atoms with van der Waals surface area (Å²) in [7, 11) is 0. The van der Waals surface area contributed by atoms with Crippen molar-refractivity contribution in [2.45, 2.75) is 26.7 Å². The van der Waals surface area contributed by atoms with Crippen LogP contribution in [-0.2, 0) is 0 Å². The molecule has 0 bridgehead atoms. The lowest BCUT2D eigenvalue weighted by atomic mass is 9.98. The van der Waals surface area contributed by atoms with E-state index in [2.05, 4.69) is 32.9 Å². The molecule has 20 heavy (non-hydrogen) atoms. The number of nitrogens with zero attached hydrogens (tertiary/aromatic N) is 1. The van der Waals surface area contributed by atoms with E-state index in [4.69, 9.17) is 0 Å². The van der Waals surface area contributed by atoms with Gasteiger partial charge in [0.05, 0.1) is 5.69 Å². The maximum Gasteiger partial charge on any atom is 0.258 e. The third-order valence-electron chi connectivity index (χ3n) is 4.00. The second kappa shape index (κ2) is 4.78. The van der Waals surface area contributed by atoms with Gasteiger partial charge in [-0.1, -0.05) is 42.8 Å². The molecule has 2 nitrogen and oxygen atoms in total. The van der Waals surface area contributed by atoms with Gasteiger partial charge in [0.25, 0.3) is 5.91 Å². The lowest BCUT2D eigenvalue weighted by Crippen LogP contribution is -2.29. The molecule has 102 valence electrons. The molecule has 0 aliphatic carbocycles. The monoisotopic (exact) mass is 265 g/mol. The van der Waals surface area contributed by atoms with E-state index in [0.29, 0.717) is 5.92 Å². The molecule has 0 fully saturated rings. The number of anilines is 1. The largest absolute Gasteiger partial charge is 0.307 e. The molecule has 0 unspecified atom stereocenters. The minimum Gasteiger partial charge on any atom is -0.307 e. The van der Waals surface area contributed by atoms with Crippen molar-refractivity contribution >= 4 is 11.6 Å². The van der Waals surface area contributed by atoms with E-state index >= 15 is 0 Å². The fourth-order valence-corrected chi connectivity index (χ4v) is 3.12. The first-order valence-electron chi connectivity index (χ1n) is 7.06. The van der Waals surface area contributed by atoms with E-state index in [1.807, 2.05) is 35.2 Å². The number of hydrogen-bond donors (Lipinski definition) is 0. The van der Waals surface area contributed by atoms with Gasteiger partial charge in [-0.05, 0) is 37.1 Å². The Hall–Kier alpha value is -2.09. The van der Waals surface area contributed by atoms with Crippen LogP contribution in [0.1, 0.15) is 39.9 Å². The molecule has 0 saturated heterocycles. The number of benzene rings is 2. The minimum atomic E-state index is 0.100. The Morgan fingerprint density at radius 1 is 1.15 bits per heavy atom. The molecule has 0 saturated carbocycles. The highest BCUT2D eigenvalue weighted by Gasteiger charge is 2.31. The van der Waals surface area contributed by atoms with E-state index in [1.165, 1.54) is 16.7 Å². The highest BCUT2D eigenvalue weighted by atomic mass is 16.2. The summed E-state index contributed by atoms with van der Waals surface area (Å²) in [5, 5.41) is 0. The van der Waals surface area contributed by atoms with Gasteiger partial charge in [-0.2, -0.15) is 0 Å². The van der Waals surface area contributed by atoms with Gasteiger partial charge < -0.3 is 4.90 Å². The average Bonchev–Trinajstić information content (AvgIpc) is 2.77. The van der Waals surface area contributed by atoms with E-state index in [1.54, 1.807) is 0 Å². The first kappa shape index (κ1) is 12.9. The number of aryl methyl sites for hydroxylation is 2. The molecule has 1 aliphatic rings. The van der Waals surface area contributed by atoms with Crippen molar-refractivity contribution < 1.29 is 4.79 Å². The number of carbonyl (C=O) groups is 1. The molecular formula is C18H19NO. The Morgan fingerprint density at radius 3 is 2.55 bits per heavy atom. The van der Waals surface area contributed by atoms with Crippen molar-refractivity contribution in [2.24, 2.45) is 0 Å². The van der Waals surface area contributed by atoms with Crippen molar-refractivity contribution in [3.8, 4) is 0 Å². The van der Waals surface area contributed by atoms with Crippen LogP contribution in [0, 0.1) is 13.8 Å². The Balaban J connectivity index is 2.06. The molecule has 2 aromatic carbocycles. The molecule has 0 radical (unpaired) electrons. The summed E-state index contributed by atoms with van der Waals surface area (Å²) in [6.07, 6.45) is 0. The van der Waals surface area contributed by atoms with Gasteiger partial charge in [0.1, 0.15) is 0 Å². The Bertz CT molecular complexity index is 661. The van der Waals surface area contributed by atoms with E-state index < -0.39 is 0 Å². The second-order valence-electron chi connectivity index (χ2n) is 5.70. The van der Waals surface area contributed by atoms with Crippen molar-refractivity contribution in [3.63, 3.8) is 0 Å². The van der Waals surface area contributed by atoms with Gasteiger partial charge in [-0.3, -0.25) is 4.79 Å². The van der Waals surface area contributed by atoms with E-state index in [0.717, 1.165) is 17.8 Å². The number of carbonyl (C=O) groups excluding carboxylic acids is 1. The van der Waals surface area contributed by atoms with Crippen LogP contribution < -0.4 is 4.90 Å². The summed E-state index contributed by atoms with van der Waals surface area (Å²) < 4.78 is 0. The first-order chi connectivity index (χ1) is 9.58. The smallest absolute Gasteiger partial charge is 0.258 e. The van der Waals surface area contributed by atoms with E-state index in [-0.39, 0.29) is 5.91 Å². The standard InChI is InChI=1S/C18H19NO/c1-12-9-13(2)17-16(10-12)14(3)11-19(17)18(20)15-7-5-4-6-8-15/h4-10,14H,11H2,1-3H3/t14-/m0/s1. The van der Waals surface area contributed by atoms with Gasteiger partial charge in [-0.15, -0.1) is 0 Å². The van der Waals surface area contributed by atoms with Gasteiger partial charge in [0.15, 0.2) is 0 Å². The molecule has 0 spiro atoms. The van der Waals surface area contributed by atoms with Crippen molar-refractivity contribution in [2.75, 3.05) is 11.4 Å². The van der Waals surface area contributed by atoms with Crippen LogP contribution in [0.2, 0.25) is 0 Å². The Kier molecular flexibility index (Phi) is 3.09. The maximum absolute atomic E-state index is 12.7. The lowest BCUT2D eigenvalue weighted by molar-refractivity contribution is 0.0988. The maximum atomic E-state index is 12.7. The minimum absolute atomic E-state index is 0.100. The van der Waals surface area contributed by atoms with Crippen LogP contribution in [0.5, 0.6) is 0 Å². The van der Waals surface area contributed by atoms with Crippen LogP contribution in [-0.4, -0.2) is 12.5 Å². The molecular weight excluding hydrogens is 246 g/mol. The van der Waals surface area contributed by atoms with Crippen LogP contribution in [0.15, 0.2) is 42.5 Å². The van der Waals surface area contributed by atoms with E-state index in [9.17, 15) is 4.79 Å². The first-order valence-corrected chi connectivity index (χ1v) is 7.06. The van der Waals surface area contributed by atoms with Gasteiger partial charge in [-0.25, -0.2) is 0 Å². The molecule has 1 atom stereocenters. The quantitative estimate of drug-likeness (QED) is 0.761. The van der Waals surface area contributed by atoms with Crippen molar-refractivity contribution in [1.82, 2.24) is 0 Å². The fourth-order valence-electron chi connectivity index (χ4n) is 3.12. The number of fused-ring (bicyclic) bond motifs is 1.